The number of carboxylic acids is 1. The zero-order valence-corrected chi connectivity index (χ0v) is 33.4. The summed E-state index contributed by atoms with van der Waals surface area (Å²) in [6.07, 6.45) is 4.70. The Morgan fingerprint density at radius 3 is 2.28 bits per heavy atom. The van der Waals surface area contributed by atoms with E-state index in [2.05, 4.69) is 15.1 Å². The molecule has 1 saturated heterocycles. The van der Waals surface area contributed by atoms with Crippen molar-refractivity contribution in [1.82, 2.24) is 28.9 Å². The van der Waals surface area contributed by atoms with Crippen molar-refractivity contribution in [2.75, 3.05) is 38.2 Å². The van der Waals surface area contributed by atoms with E-state index in [4.69, 9.17) is 26.3 Å². The molecule has 12 nitrogen and oxygen atoms in total. The number of hydrogen-bond donors (Lipinski definition) is 2. The smallest absolute Gasteiger partial charge is 0.335 e. The molecule has 0 atom stereocenters. The largest absolute Gasteiger partial charge is 0.478 e. The van der Waals surface area contributed by atoms with E-state index in [-0.39, 0.29) is 23.7 Å². The Labute approximate surface area is 337 Å². The van der Waals surface area contributed by atoms with Crippen LogP contribution in [0.3, 0.4) is 0 Å². The number of ketones is 1. The van der Waals surface area contributed by atoms with Crippen molar-refractivity contribution in [3.8, 4) is 11.1 Å². The molecule has 1 fully saturated rings. The number of rotatable bonds is 11. The summed E-state index contributed by atoms with van der Waals surface area (Å²) in [5.74, 6) is -0.491. The average Bonchev–Trinajstić information content (AvgIpc) is 3.74. The number of aromatic carboxylic acids is 1. The normalized spacial score (nSPS) is 16.3. The summed E-state index contributed by atoms with van der Waals surface area (Å²) in [6, 6.07) is 19.0. The molecule has 0 aliphatic carbocycles. The Morgan fingerprint density at radius 2 is 1.53 bits per heavy atom. The molecule has 2 aromatic heterocycles. The second kappa shape index (κ2) is 16.4. The van der Waals surface area contributed by atoms with Crippen LogP contribution in [-0.4, -0.2) is 90.6 Å². The highest BCUT2D eigenvalue weighted by atomic mass is 35.5. The molecule has 0 unspecified atom stereocenters. The van der Waals surface area contributed by atoms with Gasteiger partial charge in [0.2, 0.25) is 5.78 Å². The number of nitrogens with zero attached hydrogens (tertiary/aromatic N) is 6. The van der Waals surface area contributed by atoms with Gasteiger partial charge in [0.05, 0.1) is 27.7 Å². The SMILES string of the molecule is Cc1c(CC(=O)c2nc3c(n2C)CCN(C2CCOCC2)C3)cccc1-c1cccc(NC(=O)c2nc3c(n2C)CCN(CCc2ccc(C(=O)O)cc2)C3)c1Cl. The van der Waals surface area contributed by atoms with Crippen LogP contribution in [0.5, 0.6) is 0 Å². The predicted molar refractivity (Wildman–Crippen MR) is 218 cm³/mol. The molecule has 8 rings (SSSR count). The summed E-state index contributed by atoms with van der Waals surface area (Å²) in [5, 5.41) is 12.6. The molecule has 57 heavy (non-hydrogen) atoms. The van der Waals surface area contributed by atoms with E-state index in [1.165, 1.54) is 0 Å². The second-order valence-corrected chi connectivity index (χ2v) is 15.8. The fourth-order valence-electron chi connectivity index (χ4n) is 8.67. The lowest BCUT2D eigenvalue weighted by Crippen LogP contribution is -2.42. The predicted octanol–water partition coefficient (Wildman–Crippen LogP) is 6.30. The van der Waals surface area contributed by atoms with E-state index in [0.717, 1.165) is 122 Å². The number of aromatic nitrogens is 4. The van der Waals surface area contributed by atoms with Crippen LogP contribution in [0.4, 0.5) is 5.69 Å². The minimum Gasteiger partial charge on any atom is -0.478 e. The van der Waals surface area contributed by atoms with Crippen molar-refractivity contribution in [2.45, 2.75) is 64.6 Å². The third kappa shape index (κ3) is 7.91. The van der Waals surface area contributed by atoms with Gasteiger partial charge in [0.15, 0.2) is 11.6 Å². The van der Waals surface area contributed by atoms with Crippen molar-refractivity contribution in [2.24, 2.45) is 14.1 Å². The van der Waals surface area contributed by atoms with E-state index in [0.29, 0.717) is 34.9 Å². The molecule has 2 N–H and O–H groups in total. The van der Waals surface area contributed by atoms with Crippen LogP contribution in [0.15, 0.2) is 60.7 Å². The van der Waals surface area contributed by atoms with Gasteiger partial charge in [-0.3, -0.25) is 19.4 Å². The number of carboxylic acid groups (broad SMARTS) is 1. The first-order valence-electron chi connectivity index (χ1n) is 19.7. The number of nitrogens with one attached hydrogen (secondary N) is 1. The number of ether oxygens (including phenoxy) is 1. The highest BCUT2D eigenvalue weighted by Gasteiger charge is 2.30. The highest BCUT2D eigenvalue weighted by molar-refractivity contribution is 6.36. The summed E-state index contributed by atoms with van der Waals surface area (Å²) in [5.41, 5.74) is 9.37. The van der Waals surface area contributed by atoms with Crippen LogP contribution in [-0.2, 0) is 57.6 Å². The van der Waals surface area contributed by atoms with Crippen molar-refractivity contribution in [1.29, 1.82) is 0 Å². The van der Waals surface area contributed by atoms with Gasteiger partial charge < -0.3 is 24.3 Å². The van der Waals surface area contributed by atoms with Gasteiger partial charge in [0.1, 0.15) is 0 Å². The van der Waals surface area contributed by atoms with Gasteiger partial charge in [-0.15, -0.1) is 0 Å². The number of Topliss-reactive ketones (excluding diaryl/α,β-unsaturated/α-hetero) is 1. The molecule has 13 heteroatoms. The van der Waals surface area contributed by atoms with Crippen molar-refractivity contribution < 1.29 is 24.2 Å². The first-order chi connectivity index (χ1) is 27.5. The lowest BCUT2D eigenvalue weighted by atomic mass is 9.93. The quantitative estimate of drug-likeness (QED) is 0.148. The first kappa shape index (κ1) is 38.7. The highest BCUT2D eigenvalue weighted by Crippen LogP contribution is 2.37. The van der Waals surface area contributed by atoms with Gasteiger partial charge in [0, 0.05) is 102 Å². The topological polar surface area (TPSA) is 135 Å². The third-order valence-electron chi connectivity index (χ3n) is 12.0. The zero-order valence-electron chi connectivity index (χ0n) is 32.7. The lowest BCUT2D eigenvalue weighted by molar-refractivity contribution is 0.0283. The monoisotopic (exact) mass is 789 g/mol. The molecular formula is C44H48ClN7O5. The summed E-state index contributed by atoms with van der Waals surface area (Å²) < 4.78 is 9.43. The standard InChI is InChI=1S/C44H48ClN7O5/c1-27-30(24-39(53)41-46-36-26-52(21-16-38(36)49(41)2)31-17-22-57-23-18-31)6-4-7-32(27)33-8-5-9-34(40(33)45)48-43(54)42-47-35-25-51(20-15-37(35)50(42)3)19-14-28-10-12-29(13-11-28)44(55)56/h4-13,31H,14-26H2,1-3H3,(H,48,54)(H,55,56). The number of carbonyl (C=O) groups excluding carboxylic acids is 2. The van der Waals surface area contributed by atoms with E-state index in [1.807, 2.05) is 72.6 Å². The molecule has 0 saturated carbocycles. The summed E-state index contributed by atoms with van der Waals surface area (Å²) in [6.45, 7) is 7.58. The summed E-state index contributed by atoms with van der Waals surface area (Å²) >= 11 is 7.05. The van der Waals surface area contributed by atoms with E-state index < -0.39 is 5.97 Å². The zero-order chi connectivity index (χ0) is 39.8. The summed E-state index contributed by atoms with van der Waals surface area (Å²) in [7, 11) is 3.83. The molecule has 3 aromatic carbocycles. The van der Waals surface area contributed by atoms with Crippen molar-refractivity contribution >= 4 is 34.9 Å². The second-order valence-electron chi connectivity index (χ2n) is 15.4. The Morgan fingerprint density at radius 1 is 0.860 bits per heavy atom. The maximum Gasteiger partial charge on any atom is 0.335 e. The van der Waals surface area contributed by atoms with E-state index >= 15 is 0 Å². The number of hydrogen-bond acceptors (Lipinski definition) is 8. The minimum atomic E-state index is -0.933. The number of halogens is 1. The molecule has 296 valence electrons. The first-order valence-corrected chi connectivity index (χ1v) is 20.1. The van der Waals surface area contributed by atoms with Gasteiger partial charge in [-0.25, -0.2) is 14.8 Å². The Balaban J connectivity index is 0.936. The molecule has 1 amide bonds. The minimum absolute atomic E-state index is 0.0231. The van der Waals surface area contributed by atoms with Gasteiger partial charge >= 0.3 is 5.97 Å². The fourth-order valence-corrected chi connectivity index (χ4v) is 8.95. The fraction of sp³-hybridized carbons (Fsp3) is 0.386. The van der Waals surface area contributed by atoms with Crippen LogP contribution in [0.2, 0.25) is 5.02 Å². The van der Waals surface area contributed by atoms with Crippen molar-refractivity contribution in [3.05, 3.63) is 122 Å². The van der Waals surface area contributed by atoms with Crippen LogP contribution in [0.1, 0.15) is 83.9 Å². The van der Waals surface area contributed by atoms with Gasteiger partial charge in [0.25, 0.3) is 5.91 Å². The molecule has 3 aliphatic rings. The molecule has 5 aromatic rings. The molecule has 5 heterocycles. The third-order valence-corrected chi connectivity index (χ3v) is 12.4. The number of amides is 1. The Kier molecular flexibility index (Phi) is 11.1. The van der Waals surface area contributed by atoms with E-state index in [1.54, 1.807) is 18.2 Å². The van der Waals surface area contributed by atoms with Gasteiger partial charge in [-0.2, -0.15) is 0 Å². The van der Waals surface area contributed by atoms with E-state index in [9.17, 15) is 19.5 Å². The molecule has 0 radical (unpaired) electrons. The lowest BCUT2D eigenvalue weighted by Gasteiger charge is -2.36. The number of imidazole rings is 2. The average molecular weight is 790 g/mol. The van der Waals surface area contributed by atoms with Crippen LogP contribution in [0.25, 0.3) is 11.1 Å². The molecule has 0 bridgehead atoms. The number of anilines is 1. The van der Waals surface area contributed by atoms with Crippen LogP contribution < -0.4 is 5.32 Å². The molecule has 0 spiro atoms. The van der Waals surface area contributed by atoms with Gasteiger partial charge in [-0.1, -0.05) is 54.1 Å². The van der Waals surface area contributed by atoms with Crippen LogP contribution in [0, 0.1) is 6.92 Å². The Bertz CT molecular complexity index is 2340. The summed E-state index contributed by atoms with van der Waals surface area (Å²) in [4.78, 5) is 53.2. The maximum atomic E-state index is 13.8. The molecule has 3 aliphatic heterocycles. The van der Waals surface area contributed by atoms with Gasteiger partial charge in [-0.05, 0) is 66.6 Å². The van der Waals surface area contributed by atoms with Crippen molar-refractivity contribution in [3.63, 3.8) is 0 Å². The Hall–Kier alpha value is -5.14. The maximum absolute atomic E-state index is 13.8. The molecular weight excluding hydrogens is 742 g/mol. The number of carbonyl (C=O) groups is 3. The number of benzene rings is 3. The number of fused-ring (bicyclic) bond motifs is 2. The van der Waals surface area contributed by atoms with Crippen LogP contribution >= 0.6 is 11.6 Å².